The highest BCUT2D eigenvalue weighted by molar-refractivity contribution is 9.11. The summed E-state index contributed by atoms with van der Waals surface area (Å²) in [5.74, 6) is 1.50. The number of fused-ring (bicyclic) bond motifs is 1. The van der Waals surface area contributed by atoms with Gasteiger partial charge in [-0.05, 0) is 70.0 Å². The van der Waals surface area contributed by atoms with E-state index in [0.29, 0.717) is 92.5 Å². The van der Waals surface area contributed by atoms with Gasteiger partial charge in [-0.25, -0.2) is 0 Å². The predicted molar refractivity (Wildman–Crippen MR) is 147 cm³/mol. The monoisotopic (exact) mass is 636 g/mol. The number of ether oxygens (including phenoxy) is 8. The van der Waals surface area contributed by atoms with Gasteiger partial charge in [0, 0.05) is 24.0 Å². The van der Waals surface area contributed by atoms with Crippen molar-refractivity contribution in [1.82, 2.24) is 0 Å². The fourth-order valence-corrected chi connectivity index (χ4v) is 4.08. The molecule has 0 aliphatic rings. The van der Waals surface area contributed by atoms with Gasteiger partial charge in [0.15, 0.2) is 0 Å². The van der Waals surface area contributed by atoms with Crippen LogP contribution in [0.5, 0.6) is 11.5 Å². The number of rotatable bonds is 22. The van der Waals surface area contributed by atoms with E-state index in [4.69, 9.17) is 37.9 Å². The van der Waals surface area contributed by atoms with Crippen LogP contribution in [0.25, 0.3) is 10.8 Å². The van der Waals surface area contributed by atoms with E-state index >= 15 is 0 Å². The molecule has 0 aromatic heterocycles. The molecule has 204 valence electrons. The maximum atomic E-state index is 6.06. The Bertz CT molecular complexity index is 783. The van der Waals surface area contributed by atoms with Crippen molar-refractivity contribution >= 4 is 42.6 Å². The summed E-state index contributed by atoms with van der Waals surface area (Å²) in [4.78, 5) is 0. The van der Waals surface area contributed by atoms with Crippen molar-refractivity contribution in [1.29, 1.82) is 0 Å². The molecule has 0 saturated heterocycles. The quantitative estimate of drug-likeness (QED) is 0.162. The lowest BCUT2D eigenvalue weighted by Gasteiger charge is -2.16. The van der Waals surface area contributed by atoms with E-state index in [1.807, 2.05) is 38.1 Å². The minimum Gasteiger partial charge on any atom is -0.489 e. The molecule has 0 unspecified atom stereocenters. The van der Waals surface area contributed by atoms with E-state index in [1.165, 1.54) is 0 Å². The van der Waals surface area contributed by atoms with E-state index in [-0.39, 0.29) is 0 Å². The van der Waals surface area contributed by atoms with Crippen molar-refractivity contribution in [3.8, 4) is 11.5 Å². The minimum atomic E-state index is 0.420. The minimum absolute atomic E-state index is 0.420. The maximum absolute atomic E-state index is 6.06. The van der Waals surface area contributed by atoms with Crippen molar-refractivity contribution < 1.29 is 37.9 Å². The molecule has 36 heavy (non-hydrogen) atoms. The third-order valence-electron chi connectivity index (χ3n) is 4.85. The lowest BCUT2D eigenvalue weighted by Crippen LogP contribution is -2.13. The number of hydrogen-bond acceptors (Lipinski definition) is 8. The van der Waals surface area contributed by atoms with E-state index in [2.05, 4.69) is 31.9 Å². The summed E-state index contributed by atoms with van der Waals surface area (Å²) in [7, 11) is 0. The summed E-state index contributed by atoms with van der Waals surface area (Å²) in [6.45, 7) is 11.5. The highest BCUT2D eigenvalue weighted by Crippen LogP contribution is 2.41. The van der Waals surface area contributed by atoms with E-state index in [1.54, 1.807) is 0 Å². The Kier molecular flexibility index (Phi) is 17.4. The van der Waals surface area contributed by atoms with Crippen molar-refractivity contribution in [2.24, 2.45) is 0 Å². The van der Waals surface area contributed by atoms with Crippen molar-refractivity contribution in [2.45, 2.75) is 13.8 Å². The van der Waals surface area contributed by atoms with Crippen LogP contribution >= 0.6 is 31.9 Å². The highest BCUT2D eigenvalue weighted by atomic mass is 79.9. The van der Waals surface area contributed by atoms with Gasteiger partial charge in [-0.2, -0.15) is 0 Å². The first-order chi connectivity index (χ1) is 17.7. The third kappa shape index (κ3) is 12.0. The summed E-state index contributed by atoms with van der Waals surface area (Å²) in [6, 6.07) is 7.94. The molecule has 0 saturated carbocycles. The lowest BCUT2D eigenvalue weighted by molar-refractivity contribution is 0.0113. The van der Waals surface area contributed by atoms with Gasteiger partial charge < -0.3 is 37.9 Å². The molecule has 0 atom stereocenters. The largest absolute Gasteiger partial charge is 0.489 e. The molecule has 0 heterocycles. The fraction of sp³-hybridized carbons (Fsp3) is 0.615. The summed E-state index contributed by atoms with van der Waals surface area (Å²) in [6.07, 6.45) is 0. The molecular weight excluding hydrogens is 600 g/mol. The Balaban J connectivity index is 1.77. The van der Waals surface area contributed by atoms with Crippen LogP contribution < -0.4 is 9.47 Å². The predicted octanol–water partition coefficient (Wildman–Crippen LogP) is 5.26. The van der Waals surface area contributed by atoms with E-state index in [0.717, 1.165) is 31.2 Å². The normalized spacial score (nSPS) is 11.3. The fourth-order valence-electron chi connectivity index (χ4n) is 3.16. The van der Waals surface area contributed by atoms with Crippen LogP contribution in [0.2, 0.25) is 0 Å². The zero-order valence-electron chi connectivity index (χ0n) is 21.2. The number of benzene rings is 2. The molecule has 0 bridgehead atoms. The van der Waals surface area contributed by atoms with Gasteiger partial charge in [-0.15, -0.1) is 0 Å². The molecule has 0 radical (unpaired) electrons. The summed E-state index contributed by atoms with van der Waals surface area (Å²) in [5, 5.41) is 1.90. The molecule has 8 nitrogen and oxygen atoms in total. The van der Waals surface area contributed by atoms with Crippen LogP contribution in [0.1, 0.15) is 13.8 Å². The maximum Gasteiger partial charge on any atom is 0.141 e. The smallest absolute Gasteiger partial charge is 0.141 e. The zero-order valence-corrected chi connectivity index (χ0v) is 24.4. The van der Waals surface area contributed by atoms with Crippen LogP contribution in [-0.2, 0) is 28.4 Å². The number of hydrogen-bond donors (Lipinski definition) is 0. The molecule has 2 aromatic rings. The van der Waals surface area contributed by atoms with Crippen molar-refractivity contribution in [2.75, 3.05) is 92.5 Å². The van der Waals surface area contributed by atoms with Gasteiger partial charge >= 0.3 is 0 Å². The highest BCUT2D eigenvalue weighted by Gasteiger charge is 2.14. The van der Waals surface area contributed by atoms with Gasteiger partial charge in [0.25, 0.3) is 0 Å². The third-order valence-corrected chi connectivity index (χ3v) is 6.10. The van der Waals surface area contributed by atoms with Gasteiger partial charge in [-0.3, -0.25) is 0 Å². The standard InChI is InChI=1S/C26H38Br2O8/c1-3-29-9-11-31-13-15-33-17-19-35-25-21-5-8-24(28)26(22(21)6-7-23(25)27)36-20-18-34-16-14-32-12-10-30-4-2/h5-8H,3-4,9-20H2,1-2H3. The van der Waals surface area contributed by atoms with E-state index in [9.17, 15) is 0 Å². The van der Waals surface area contributed by atoms with Crippen molar-refractivity contribution in [3.63, 3.8) is 0 Å². The van der Waals surface area contributed by atoms with Crippen LogP contribution in [0.4, 0.5) is 0 Å². The summed E-state index contributed by atoms with van der Waals surface area (Å²) < 4.78 is 46.4. The molecule has 10 heteroatoms. The molecule has 2 rings (SSSR count). The van der Waals surface area contributed by atoms with Crippen LogP contribution in [0.15, 0.2) is 33.2 Å². The summed E-state index contributed by atoms with van der Waals surface area (Å²) >= 11 is 7.20. The van der Waals surface area contributed by atoms with E-state index < -0.39 is 0 Å². The van der Waals surface area contributed by atoms with Gasteiger partial charge in [-0.1, -0.05) is 0 Å². The average molecular weight is 638 g/mol. The van der Waals surface area contributed by atoms with Gasteiger partial charge in [0.1, 0.15) is 24.7 Å². The van der Waals surface area contributed by atoms with Gasteiger partial charge in [0.2, 0.25) is 0 Å². The van der Waals surface area contributed by atoms with Crippen LogP contribution in [0, 0.1) is 0 Å². The molecular formula is C26H38Br2O8. The first-order valence-electron chi connectivity index (χ1n) is 12.3. The molecule has 0 N–H and O–H groups in total. The van der Waals surface area contributed by atoms with Crippen LogP contribution in [0.3, 0.4) is 0 Å². The topological polar surface area (TPSA) is 73.8 Å². The Morgan fingerprint density at radius 3 is 1.08 bits per heavy atom. The Morgan fingerprint density at radius 1 is 0.444 bits per heavy atom. The van der Waals surface area contributed by atoms with Gasteiger partial charge in [0.05, 0.1) is 75.0 Å². The zero-order chi connectivity index (χ0) is 25.8. The number of halogens is 2. The van der Waals surface area contributed by atoms with Crippen LogP contribution in [-0.4, -0.2) is 92.5 Å². The average Bonchev–Trinajstić information content (AvgIpc) is 2.88. The second-order valence-electron chi connectivity index (χ2n) is 7.39. The molecule has 0 aliphatic carbocycles. The molecule has 0 aliphatic heterocycles. The first kappa shape index (κ1) is 31.2. The molecule has 0 spiro atoms. The molecule has 0 fully saturated rings. The Hall–Kier alpha value is -0.980. The second kappa shape index (κ2) is 20.0. The summed E-state index contributed by atoms with van der Waals surface area (Å²) in [5.41, 5.74) is 0. The first-order valence-corrected chi connectivity index (χ1v) is 13.9. The van der Waals surface area contributed by atoms with Crippen molar-refractivity contribution in [3.05, 3.63) is 33.2 Å². The SMILES string of the molecule is CCOCCOCCOCCOc1c(Br)ccc2c(OCCOCCOCCOCC)c(Br)ccc12. The Morgan fingerprint density at radius 2 is 0.750 bits per heavy atom. The lowest BCUT2D eigenvalue weighted by atomic mass is 10.1. The Labute approximate surface area is 231 Å². The second-order valence-corrected chi connectivity index (χ2v) is 9.10. The molecule has 2 aromatic carbocycles. The molecule has 0 amide bonds.